The molecule has 0 unspecified atom stereocenters. The molecule has 0 fully saturated rings. The fraction of sp³-hybridized carbons (Fsp3) is 0.571. The van der Waals surface area contributed by atoms with Crippen LogP contribution in [0.15, 0.2) is 29.2 Å². The summed E-state index contributed by atoms with van der Waals surface area (Å²) in [5.41, 5.74) is 1.35. The van der Waals surface area contributed by atoms with E-state index in [1.165, 1.54) is 23.3 Å². The topological polar surface area (TPSA) is 12.0 Å². The van der Waals surface area contributed by atoms with Gasteiger partial charge in [0.2, 0.25) is 0 Å². The van der Waals surface area contributed by atoms with E-state index in [2.05, 4.69) is 50.4 Å². The molecule has 0 aliphatic rings. The molecule has 0 aliphatic heterocycles. The van der Waals surface area contributed by atoms with Crippen molar-refractivity contribution in [2.75, 3.05) is 12.3 Å². The fourth-order valence-electron chi connectivity index (χ4n) is 1.71. The monoisotopic (exact) mass is 237 g/mol. The maximum absolute atomic E-state index is 3.58. The third-order valence-corrected chi connectivity index (χ3v) is 3.77. The van der Waals surface area contributed by atoms with Crippen LogP contribution in [0.4, 0.5) is 0 Å². The summed E-state index contributed by atoms with van der Waals surface area (Å²) in [5.74, 6) is 1.15. The highest BCUT2D eigenvalue weighted by Crippen LogP contribution is 2.18. The van der Waals surface area contributed by atoms with Crippen LogP contribution >= 0.6 is 11.8 Å². The normalized spacial score (nSPS) is 11.0. The number of aryl methyl sites for hydroxylation is 1. The van der Waals surface area contributed by atoms with Crippen molar-refractivity contribution in [2.45, 2.75) is 44.6 Å². The van der Waals surface area contributed by atoms with Gasteiger partial charge in [0.25, 0.3) is 0 Å². The molecular weight excluding hydrogens is 214 g/mol. The third-order valence-electron chi connectivity index (χ3n) is 2.78. The van der Waals surface area contributed by atoms with Crippen molar-refractivity contribution in [2.24, 2.45) is 0 Å². The second-order valence-corrected chi connectivity index (χ2v) is 5.30. The average molecular weight is 237 g/mol. The molecule has 0 saturated heterocycles. The zero-order valence-corrected chi connectivity index (χ0v) is 11.4. The Balaban J connectivity index is 2.20. The lowest BCUT2D eigenvalue weighted by Crippen LogP contribution is -2.29. The van der Waals surface area contributed by atoms with Crippen LogP contribution in [-0.2, 0) is 0 Å². The molecule has 90 valence electrons. The van der Waals surface area contributed by atoms with Gasteiger partial charge in [0.1, 0.15) is 0 Å². The molecule has 0 saturated carbocycles. The molecule has 1 rings (SSSR count). The van der Waals surface area contributed by atoms with Crippen LogP contribution in [0.25, 0.3) is 0 Å². The van der Waals surface area contributed by atoms with Crippen molar-refractivity contribution in [3.8, 4) is 0 Å². The van der Waals surface area contributed by atoms with Gasteiger partial charge < -0.3 is 5.32 Å². The van der Waals surface area contributed by atoms with Gasteiger partial charge >= 0.3 is 0 Å². The van der Waals surface area contributed by atoms with Gasteiger partial charge in [-0.1, -0.05) is 31.5 Å². The Morgan fingerprint density at radius 3 is 2.62 bits per heavy atom. The first-order valence-electron chi connectivity index (χ1n) is 6.19. The minimum Gasteiger partial charge on any atom is -0.313 e. The minimum atomic E-state index is 0.693. The van der Waals surface area contributed by atoms with Crippen LogP contribution < -0.4 is 5.32 Å². The molecule has 0 spiro atoms. The average Bonchev–Trinajstić information content (AvgIpc) is 2.29. The van der Waals surface area contributed by atoms with Gasteiger partial charge in [-0.15, -0.1) is 11.8 Å². The van der Waals surface area contributed by atoms with Gasteiger partial charge in [0.05, 0.1) is 0 Å². The summed E-state index contributed by atoms with van der Waals surface area (Å²) in [6, 6.07) is 9.41. The zero-order valence-electron chi connectivity index (χ0n) is 10.6. The van der Waals surface area contributed by atoms with Crippen LogP contribution in [0.5, 0.6) is 0 Å². The van der Waals surface area contributed by atoms with E-state index in [4.69, 9.17) is 0 Å². The van der Waals surface area contributed by atoms with Crippen molar-refractivity contribution < 1.29 is 0 Å². The molecule has 0 atom stereocenters. The van der Waals surface area contributed by atoms with Crippen molar-refractivity contribution in [3.05, 3.63) is 29.8 Å². The summed E-state index contributed by atoms with van der Waals surface area (Å²) < 4.78 is 0. The quantitative estimate of drug-likeness (QED) is 0.571. The summed E-state index contributed by atoms with van der Waals surface area (Å²) in [5, 5.41) is 3.58. The first-order chi connectivity index (χ1) is 7.76. The smallest absolute Gasteiger partial charge is 0.0106 e. The molecule has 0 heterocycles. The lowest BCUT2D eigenvalue weighted by molar-refractivity contribution is 0.501. The summed E-state index contributed by atoms with van der Waals surface area (Å²) in [7, 11) is 0. The Morgan fingerprint density at radius 2 is 2.00 bits per heavy atom. The predicted molar refractivity (Wildman–Crippen MR) is 74.3 cm³/mol. The van der Waals surface area contributed by atoms with E-state index in [0.29, 0.717) is 6.04 Å². The predicted octanol–water partition coefficient (Wildman–Crippen LogP) is 3.87. The van der Waals surface area contributed by atoms with Crippen LogP contribution in [0, 0.1) is 6.92 Å². The number of nitrogens with one attached hydrogen (secondary N) is 1. The molecule has 0 radical (unpaired) electrons. The fourth-order valence-corrected chi connectivity index (χ4v) is 2.61. The van der Waals surface area contributed by atoms with Gasteiger partial charge in [-0.2, -0.15) is 0 Å². The molecule has 0 amide bonds. The van der Waals surface area contributed by atoms with Crippen LogP contribution in [-0.4, -0.2) is 18.3 Å². The molecule has 1 aromatic carbocycles. The Labute approximate surface area is 104 Å². The van der Waals surface area contributed by atoms with E-state index in [1.54, 1.807) is 0 Å². The Kier molecular flexibility index (Phi) is 6.58. The Bertz CT molecular complexity index is 295. The highest BCUT2D eigenvalue weighted by Gasteiger charge is 2.01. The van der Waals surface area contributed by atoms with Gasteiger partial charge in [-0.25, -0.2) is 0 Å². The largest absolute Gasteiger partial charge is 0.313 e. The number of thioether (sulfide) groups is 1. The molecule has 1 nitrogen and oxygen atoms in total. The third kappa shape index (κ3) is 5.04. The minimum absolute atomic E-state index is 0.693. The second-order valence-electron chi connectivity index (χ2n) is 4.13. The highest BCUT2D eigenvalue weighted by molar-refractivity contribution is 7.99. The molecule has 1 aromatic rings. The molecular formula is C14H23NS. The Morgan fingerprint density at radius 1 is 1.25 bits per heavy atom. The van der Waals surface area contributed by atoms with Crippen LogP contribution in [0.3, 0.4) is 0 Å². The molecule has 2 heteroatoms. The second kappa shape index (κ2) is 7.75. The summed E-state index contributed by atoms with van der Waals surface area (Å²) in [4.78, 5) is 1.38. The van der Waals surface area contributed by atoms with Gasteiger partial charge in [-0.05, 0) is 31.9 Å². The Hall–Kier alpha value is -0.470. The van der Waals surface area contributed by atoms with E-state index in [9.17, 15) is 0 Å². The standard InChI is InChI=1S/C14H23NS/c1-4-13(5-2)15-9-10-16-14-8-6-7-12(3)11-14/h6-8,11,13,15H,4-5,9-10H2,1-3H3. The van der Waals surface area contributed by atoms with Gasteiger partial charge in [0.15, 0.2) is 0 Å². The van der Waals surface area contributed by atoms with Crippen LogP contribution in [0.2, 0.25) is 0 Å². The van der Waals surface area contributed by atoms with E-state index in [0.717, 1.165) is 12.3 Å². The molecule has 0 bridgehead atoms. The maximum atomic E-state index is 3.58. The number of hydrogen-bond acceptors (Lipinski definition) is 2. The number of rotatable bonds is 7. The van der Waals surface area contributed by atoms with Gasteiger partial charge in [-0.3, -0.25) is 0 Å². The maximum Gasteiger partial charge on any atom is 0.0106 e. The van der Waals surface area contributed by atoms with Crippen molar-refractivity contribution >= 4 is 11.8 Å². The highest BCUT2D eigenvalue weighted by atomic mass is 32.2. The molecule has 16 heavy (non-hydrogen) atoms. The lowest BCUT2D eigenvalue weighted by Gasteiger charge is -2.14. The molecule has 0 aliphatic carbocycles. The van der Waals surface area contributed by atoms with Crippen molar-refractivity contribution in [1.82, 2.24) is 5.32 Å². The SMILES string of the molecule is CCC(CC)NCCSc1cccc(C)c1. The summed E-state index contributed by atoms with van der Waals surface area (Å²) in [6.45, 7) is 7.74. The van der Waals surface area contributed by atoms with Gasteiger partial charge in [0, 0.05) is 23.2 Å². The van der Waals surface area contributed by atoms with E-state index < -0.39 is 0 Å². The molecule has 1 N–H and O–H groups in total. The van der Waals surface area contributed by atoms with Crippen molar-refractivity contribution in [3.63, 3.8) is 0 Å². The van der Waals surface area contributed by atoms with E-state index in [1.807, 2.05) is 11.8 Å². The summed E-state index contributed by atoms with van der Waals surface area (Å²) in [6.07, 6.45) is 2.46. The van der Waals surface area contributed by atoms with Crippen LogP contribution in [0.1, 0.15) is 32.3 Å². The first-order valence-corrected chi connectivity index (χ1v) is 7.17. The number of benzene rings is 1. The first kappa shape index (κ1) is 13.6. The van der Waals surface area contributed by atoms with Crippen molar-refractivity contribution in [1.29, 1.82) is 0 Å². The summed E-state index contributed by atoms with van der Waals surface area (Å²) >= 11 is 1.94. The molecule has 0 aromatic heterocycles. The number of hydrogen-bond donors (Lipinski definition) is 1. The van der Waals surface area contributed by atoms with E-state index in [-0.39, 0.29) is 0 Å². The zero-order chi connectivity index (χ0) is 11.8. The van der Waals surface area contributed by atoms with E-state index >= 15 is 0 Å². The lowest BCUT2D eigenvalue weighted by atomic mass is 10.2.